The van der Waals surface area contributed by atoms with Crippen LogP contribution in [0, 0.1) is 5.92 Å². The monoisotopic (exact) mass is 382 g/mol. The highest BCUT2D eigenvalue weighted by atomic mass is 16.7. The SMILES string of the molecule is C=CCC(C)(OC[C@@H]1CCC[C@H](OC2CCCCO2)C1)C(=O)OC(C)(C)C. The zero-order valence-corrected chi connectivity index (χ0v) is 17.6. The maximum Gasteiger partial charge on any atom is 0.338 e. The summed E-state index contributed by atoms with van der Waals surface area (Å²) in [7, 11) is 0. The Morgan fingerprint density at radius 3 is 2.56 bits per heavy atom. The van der Waals surface area contributed by atoms with E-state index in [9.17, 15) is 4.79 Å². The van der Waals surface area contributed by atoms with Crippen LogP contribution in [0.25, 0.3) is 0 Å². The maximum atomic E-state index is 12.6. The first-order valence-electron chi connectivity index (χ1n) is 10.5. The Morgan fingerprint density at radius 2 is 1.93 bits per heavy atom. The molecular formula is C22H38O5. The summed E-state index contributed by atoms with van der Waals surface area (Å²) in [5, 5.41) is 0. The lowest BCUT2D eigenvalue weighted by molar-refractivity contribution is -0.200. The lowest BCUT2D eigenvalue weighted by Gasteiger charge is -2.35. The molecule has 2 fully saturated rings. The first kappa shape index (κ1) is 22.4. The van der Waals surface area contributed by atoms with Crippen LogP contribution in [0.4, 0.5) is 0 Å². The van der Waals surface area contributed by atoms with Gasteiger partial charge < -0.3 is 18.9 Å². The minimum atomic E-state index is -0.991. The third-order valence-corrected chi connectivity index (χ3v) is 5.22. The summed E-state index contributed by atoms with van der Waals surface area (Å²) in [6, 6.07) is 0. The molecule has 0 bridgehead atoms. The molecule has 2 rings (SSSR count). The van der Waals surface area contributed by atoms with Crippen LogP contribution in [-0.4, -0.2) is 42.8 Å². The number of carbonyl (C=O) groups excluding carboxylic acids is 1. The van der Waals surface area contributed by atoms with Crippen molar-refractivity contribution in [2.75, 3.05) is 13.2 Å². The Labute approximate surface area is 164 Å². The van der Waals surface area contributed by atoms with Gasteiger partial charge in [0, 0.05) is 13.0 Å². The molecule has 0 amide bonds. The van der Waals surface area contributed by atoms with Gasteiger partial charge in [0.15, 0.2) is 11.9 Å². The Morgan fingerprint density at radius 1 is 1.15 bits per heavy atom. The fourth-order valence-electron chi connectivity index (χ4n) is 3.71. The summed E-state index contributed by atoms with van der Waals surface area (Å²) in [4.78, 5) is 12.6. The minimum absolute atomic E-state index is 0.0452. The highest BCUT2D eigenvalue weighted by Crippen LogP contribution is 2.31. The second kappa shape index (κ2) is 10.0. The molecular weight excluding hydrogens is 344 g/mol. The molecule has 1 aliphatic carbocycles. The molecule has 5 nitrogen and oxygen atoms in total. The number of ether oxygens (including phenoxy) is 4. The zero-order valence-electron chi connectivity index (χ0n) is 17.6. The molecule has 1 heterocycles. The van der Waals surface area contributed by atoms with Crippen molar-refractivity contribution < 1.29 is 23.7 Å². The van der Waals surface area contributed by atoms with Gasteiger partial charge in [-0.05, 0) is 72.1 Å². The predicted octanol–water partition coefficient (Wildman–Crippen LogP) is 4.78. The fourth-order valence-corrected chi connectivity index (χ4v) is 3.71. The smallest absolute Gasteiger partial charge is 0.338 e. The average Bonchev–Trinajstić information content (AvgIpc) is 2.60. The van der Waals surface area contributed by atoms with E-state index < -0.39 is 11.2 Å². The summed E-state index contributed by atoms with van der Waals surface area (Å²) in [5.41, 5.74) is -1.53. The highest BCUT2D eigenvalue weighted by Gasteiger charge is 2.38. The second-order valence-corrected chi connectivity index (χ2v) is 9.12. The van der Waals surface area contributed by atoms with Gasteiger partial charge in [-0.15, -0.1) is 6.58 Å². The van der Waals surface area contributed by atoms with Crippen LogP contribution in [0.15, 0.2) is 12.7 Å². The Hall–Kier alpha value is -0.910. The van der Waals surface area contributed by atoms with E-state index in [2.05, 4.69) is 6.58 Å². The number of carbonyl (C=O) groups is 1. The molecule has 156 valence electrons. The van der Waals surface area contributed by atoms with E-state index in [-0.39, 0.29) is 18.4 Å². The topological polar surface area (TPSA) is 54.0 Å². The highest BCUT2D eigenvalue weighted by molar-refractivity contribution is 5.79. The van der Waals surface area contributed by atoms with Crippen LogP contribution in [-0.2, 0) is 23.7 Å². The standard InChI is InChI=1S/C22H38O5/c1-6-13-22(5,20(23)27-21(2,3)4)25-16-17-10-9-11-18(15-17)26-19-12-7-8-14-24-19/h6,17-19H,1,7-16H2,2-5H3/t17-,18+,19?,22?/m1/s1. The molecule has 1 saturated heterocycles. The molecule has 4 atom stereocenters. The molecule has 0 aromatic rings. The van der Waals surface area contributed by atoms with Gasteiger partial charge in [0.25, 0.3) is 0 Å². The number of hydrogen-bond donors (Lipinski definition) is 0. The van der Waals surface area contributed by atoms with Gasteiger partial charge in [-0.2, -0.15) is 0 Å². The van der Waals surface area contributed by atoms with E-state index in [0.717, 1.165) is 45.1 Å². The normalized spacial score (nSPS) is 29.0. The molecule has 2 unspecified atom stereocenters. The summed E-state index contributed by atoms with van der Waals surface area (Å²) in [6.07, 6.45) is 9.89. The third-order valence-electron chi connectivity index (χ3n) is 5.22. The lowest BCUT2D eigenvalue weighted by Crippen LogP contribution is -2.44. The predicted molar refractivity (Wildman–Crippen MR) is 105 cm³/mol. The largest absolute Gasteiger partial charge is 0.458 e. The second-order valence-electron chi connectivity index (χ2n) is 9.12. The summed E-state index contributed by atoms with van der Waals surface area (Å²) in [5.74, 6) is 0.0630. The number of rotatable bonds is 8. The fraction of sp³-hybridized carbons (Fsp3) is 0.864. The van der Waals surface area contributed by atoms with E-state index in [1.807, 2.05) is 20.8 Å². The van der Waals surface area contributed by atoms with Gasteiger partial charge in [0.05, 0.1) is 12.7 Å². The summed E-state index contributed by atoms with van der Waals surface area (Å²) >= 11 is 0. The van der Waals surface area contributed by atoms with Crippen molar-refractivity contribution in [3.05, 3.63) is 12.7 Å². The van der Waals surface area contributed by atoms with Crippen LogP contribution in [0.2, 0.25) is 0 Å². The van der Waals surface area contributed by atoms with Gasteiger partial charge in [-0.25, -0.2) is 4.79 Å². The summed E-state index contributed by atoms with van der Waals surface area (Å²) in [6.45, 7) is 12.5. The molecule has 0 spiro atoms. The van der Waals surface area contributed by atoms with Crippen molar-refractivity contribution in [2.24, 2.45) is 5.92 Å². The van der Waals surface area contributed by atoms with Crippen LogP contribution in [0.3, 0.4) is 0 Å². The summed E-state index contributed by atoms with van der Waals surface area (Å²) < 4.78 is 23.6. The van der Waals surface area contributed by atoms with Crippen LogP contribution < -0.4 is 0 Å². The van der Waals surface area contributed by atoms with Gasteiger partial charge >= 0.3 is 5.97 Å². The Kier molecular flexibility index (Phi) is 8.32. The molecule has 1 aliphatic heterocycles. The van der Waals surface area contributed by atoms with Crippen molar-refractivity contribution in [1.29, 1.82) is 0 Å². The van der Waals surface area contributed by atoms with Crippen molar-refractivity contribution in [1.82, 2.24) is 0 Å². The first-order valence-corrected chi connectivity index (χ1v) is 10.5. The first-order chi connectivity index (χ1) is 12.7. The van der Waals surface area contributed by atoms with Crippen molar-refractivity contribution >= 4 is 5.97 Å². The molecule has 0 radical (unpaired) electrons. The van der Waals surface area contributed by atoms with Crippen molar-refractivity contribution in [3.8, 4) is 0 Å². The van der Waals surface area contributed by atoms with Crippen LogP contribution >= 0.6 is 0 Å². The van der Waals surface area contributed by atoms with Crippen LogP contribution in [0.5, 0.6) is 0 Å². The molecule has 0 aromatic carbocycles. The van der Waals surface area contributed by atoms with Gasteiger partial charge in [0.2, 0.25) is 0 Å². The minimum Gasteiger partial charge on any atom is -0.458 e. The number of esters is 1. The molecule has 2 aliphatic rings. The Balaban J connectivity index is 1.85. The quantitative estimate of drug-likeness (QED) is 0.447. The number of hydrogen-bond acceptors (Lipinski definition) is 5. The molecule has 27 heavy (non-hydrogen) atoms. The van der Waals surface area contributed by atoms with Crippen molar-refractivity contribution in [2.45, 2.75) is 103 Å². The van der Waals surface area contributed by atoms with E-state index in [1.54, 1.807) is 13.0 Å². The van der Waals surface area contributed by atoms with Gasteiger partial charge in [0.1, 0.15) is 5.60 Å². The maximum absolute atomic E-state index is 12.6. The lowest BCUT2D eigenvalue weighted by atomic mass is 9.87. The third kappa shape index (κ3) is 7.55. The molecule has 0 aromatic heterocycles. The molecule has 0 N–H and O–H groups in total. The average molecular weight is 383 g/mol. The van der Waals surface area contributed by atoms with Gasteiger partial charge in [-0.3, -0.25) is 0 Å². The van der Waals surface area contributed by atoms with E-state index in [0.29, 0.717) is 18.9 Å². The Bertz CT molecular complexity index is 478. The van der Waals surface area contributed by atoms with E-state index in [1.165, 1.54) is 6.42 Å². The van der Waals surface area contributed by atoms with E-state index >= 15 is 0 Å². The van der Waals surface area contributed by atoms with Crippen molar-refractivity contribution in [3.63, 3.8) is 0 Å². The van der Waals surface area contributed by atoms with E-state index in [4.69, 9.17) is 18.9 Å². The van der Waals surface area contributed by atoms with Gasteiger partial charge in [-0.1, -0.05) is 12.5 Å². The molecule has 1 saturated carbocycles. The van der Waals surface area contributed by atoms with Crippen LogP contribution in [0.1, 0.15) is 79.1 Å². The zero-order chi connectivity index (χ0) is 19.9. The molecule has 5 heteroatoms.